The lowest BCUT2D eigenvalue weighted by Crippen LogP contribution is -2.58. The van der Waals surface area contributed by atoms with Gasteiger partial charge in [0.25, 0.3) is 5.91 Å². The zero-order chi connectivity index (χ0) is 23.1. The first-order valence-electron chi connectivity index (χ1n) is 9.68. The smallest absolute Gasteiger partial charge is 0.271 e. The van der Waals surface area contributed by atoms with Crippen molar-refractivity contribution in [3.63, 3.8) is 0 Å². The molecule has 2 unspecified atom stereocenters. The van der Waals surface area contributed by atoms with Crippen LogP contribution in [0.3, 0.4) is 0 Å². The number of halogens is 1. The number of amides is 1. The van der Waals surface area contributed by atoms with Crippen molar-refractivity contribution in [1.29, 1.82) is 5.41 Å². The van der Waals surface area contributed by atoms with Crippen LogP contribution < -0.4 is 26.8 Å². The highest BCUT2D eigenvalue weighted by molar-refractivity contribution is 6.67. The largest absolute Gasteiger partial charge is 0.489 e. The van der Waals surface area contributed by atoms with Gasteiger partial charge in [-0.05, 0) is 18.6 Å². The van der Waals surface area contributed by atoms with E-state index < -0.39 is 24.8 Å². The van der Waals surface area contributed by atoms with Crippen molar-refractivity contribution in [3.8, 4) is 5.75 Å². The van der Waals surface area contributed by atoms with E-state index in [1.807, 2.05) is 6.92 Å². The fourth-order valence-corrected chi connectivity index (χ4v) is 3.04. The summed E-state index contributed by atoms with van der Waals surface area (Å²) in [6, 6.07) is 6.89. The first-order valence-corrected chi connectivity index (χ1v) is 10.1. The first kappa shape index (κ1) is 24.4. The maximum Gasteiger partial charge on any atom is 0.271 e. The number of aliphatic imine (C=N–C) groups is 1. The summed E-state index contributed by atoms with van der Waals surface area (Å²) in [7, 11) is 0. The summed E-state index contributed by atoms with van der Waals surface area (Å²) in [5.74, 6) is -0.880. The molecule has 1 aromatic rings. The molecule has 1 heterocycles. The van der Waals surface area contributed by atoms with Crippen molar-refractivity contribution in [2.24, 2.45) is 22.2 Å². The monoisotopic (exact) mass is 453 g/mol. The quantitative estimate of drug-likeness (QED) is 0.219. The number of para-hydroxylation sites is 2. The Hall–Kier alpha value is -2.86. The molecule has 0 bridgehead atoms. The maximum atomic E-state index is 11.7. The Morgan fingerprint density at radius 1 is 1.45 bits per heavy atom. The molecule has 1 amide bonds. The fraction of sp³-hybridized carbons (Fsp3) is 0.421. The molecular weight excluding hydrogens is 426 g/mol. The van der Waals surface area contributed by atoms with Gasteiger partial charge in [0.05, 0.1) is 12.3 Å². The topological polar surface area (TPSA) is 188 Å². The van der Waals surface area contributed by atoms with Gasteiger partial charge in [-0.15, -0.1) is 0 Å². The number of aliphatic hydroxyl groups is 2. The molecule has 1 aromatic carbocycles. The van der Waals surface area contributed by atoms with E-state index in [-0.39, 0.29) is 29.3 Å². The summed E-state index contributed by atoms with van der Waals surface area (Å²) >= 11 is 6.09. The van der Waals surface area contributed by atoms with Gasteiger partial charge in [0.1, 0.15) is 35.6 Å². The summed E-state index contributed by atoms with van der Waals surface area (Å²) in [6.07, 6.45) is -0.598. The Balaban J connectivity index is 2.47. The molecule has 1 aliphatic rings. The van der Waals surface area contributed by atoms with E-state index in [0.717, 1.165) is 6.42 Å². The number of nitrogens with two attached hydrogens (primary N) is 3. The number of nitrogens with one attached hydrogen (secondary N) is 1. The van der Waals surface area contributed by atoms with Crippen LogP contribution in [-0.2, 0) is 4.79 Å². The third kappa shape index (κ3) is 5.64. The van der Waals surface area contributed by atoms with Crippen LogP contribution in [0.2, 0.25) is 0 Å². The molecule has 11 nitrogen and oxygen atoms in total. The number of nitrogens with zero attached hydrogens (tertiary/aromatic N) is 3. The molecule has 0 aromatic heterocycles. The molecule has 0 fully saturated rings. The van der Waals surface area contributed by atoms with Gasteiger partial charge in [-0.3, -0.25) is 15.1 Å². The van der Waals surface area contributed by atoms with E-state index in [4.69, 9.17) is 44.1 Å². The minimum atomic E-state index is -1.09. The Kier molecular flexibility index (Phi) is 8.63. The van der Waals surface area contributed by atoms with E-state index >= 15 is 0 Å². The van der Waals surface area contributed by atoms with E-state index in [0.29, 0.717) is 24.4 Å². The van der Waals surface area contributed by atoms with E-state index in [1.165, 1.54) is 4.90 Å². The molecule has 2 rings (SSSR count). The Morgan fingerprint density at radius 2 is 2.13 bits per heavy atom. The average molecular weight is 454 g/mol. The number of hydrogen-bond donors (Lipinski definition) is 6. The number of unbranched alkanes of at least 4 members (excludes halogenated alkanes) is 1. The lowest BCUT2D eigenvalue weighted by molar-refractivity contribution is -0.114. The Morgan fingerprint density at radius 3 is 2.74 bits per heavy atom. The summed E-state index contributed by atoms with van der Waals surface area (Å²) in [5.41, 5.74) is 17.7. The van der Waals surface area contributed by atoms with Gasteiger partial charge in [-0.25, -0.2) is 4.99 Å². The number of hydrogen-bond acceptors (Lipinski definition) is 8. The molecule has 0 radical (unpaired) electrons. The Bertz CT molecular complexity index is 877. The van der Waals surface area contributed by atoms with Crippen molar-refractivity contribution in [1.82, 2.24) is 4.90 Å². The van der Waals surface area contributed by atoms with Gasteiger partial charge in [-0.1, -0.05) is 37.1 Å². The van der Waals surface area contributed by atoms with Crippen molar-refractivity contribution in [3.05, 3.63) is 35.8 Å². The molecular formula is C19H28ClN7O4. The predicted molar refractivity (Wildman–Crippen MR) is 119 cm³/mol. The van der Waals surface area contributed by atoms with Crippen LogP contribution in [0, 0.1) is 5.41 Å². The fourth-order valence-electron chi connectivity index (χ4n) is 2.86. The van der Waals surface area contributed by atoms with Gasteiger partial charge in [0, 0.05) is 6.54 Å². The minimum Gasteiger partial charge on any atom is -0.489 e. The number of ether oxygens (including phenoxy) is 1. The molecule has 31 heavy (non-hydrogen) atoms. The lowest BCUT2D eigenvalue weighted by Gasteiger charge is -2.38. The predicted octanol–water partition coefficient (Wildman–Crippen LogP) is -0.189. The average Bonchev–Trinajstić information content (AvgIpc) is 2.75. The number of carbonyl (C=O) groups excluding carboxylic acids is 1. The van der Waals surface area contributed by atoms with E-state index in [9.17, 15) is 9.90 Å². The number of anilines is 1. The van der Waals surface area contributed by atoms with Crippen LogP contribution in [0.4, 0.5) is 5.69 Å². The van der Waals surface area contributed by atoms with Crippen molar-refractivity contribution < 1.29 is 19.7 Å². The molecule has 9 N–H and O–H groups in total. The molecule has 0 spiro atoms. The summed E-state index contributed by atoms with van der Waals surface area (Å²) in [5, 5.41) is 27.4. The number of rotatable bonds is 9. The van der Waals surface area contributed by atoms with Crippen molar-refractivity contribution in [2.75, 3.05) is 24.7 Å². The summed E-state index contributed by atoms with van der Waals surface area (Å²) < 4.78 is 5.66. The zero-order valence-electron chi connectivity index (χ0n) is 17.2. The highest BCUT2D eigenvalue weighted by Gasteiger charge is 2.35. The second-order valence-corrected chi connectivity index (χ2v) is 7.18. The van der Waals surface area contributed by atoms with Crippen molar-refractivity contribution >= 4 is 34.3 Å². The lowest BCUT2D eigenvalue weighted by atomic mass is 10.2. The number of primary amides is 1. The van der Waals surface area contributed by atoms with Crippen LogP contribution in [0.5, 0.6) is 5.75 Å². The van der Waals surface area contributed by atoms with Gasteiger partial charge in [-0.2, -0.15) is 0 Å². The molecule has 2 atom stereocenters. The highest BCUT2D eigenvalue weighted by Crippen LogP contribution is 2.31. The third-order valence-electron chi connectivity index (χ3n) is 4.49. The van der Waals surface area contributed by atoms with E-state index in [1.54, 1.807) is 29.2 Å². The highest BCUT2D eigenvalue weighted by atomic mass is 35.5. The van der Waals surface area contributed by atoms with Gasteiger partial charge >= 0.3 is 0 Å². The second-order valence-electron chi connectivity index (χ2n) is 6.79. The number of aliphatic hydroxyl groups excluding tert-OH is 2. The van der Waals surface area contributed by atoms with Crippen LogP contribution in [-0.4, -0.2) is 64.2 Å². The standard InChI is InChI=1S/C19H28ClN7O4/c1-2-3-8-26(12-6-4-5-7-13(12)31-10-11(29)9-28)19(24)27-16(21)14(18(23)30)25-15(20)17(27)22/h4-7,11,17,24,28-29H,2-3,8-10,21-22H2,1H3,(H2,23,30). The van der Waals surface area contributed by atoms with Crippen LogP contribution in [0.25, 0.3) is 0 Å². The van der Waals surface area contributed by atoms with Crippen LogP contribution in [0.15, 0.2) is 40.8 Å². The Labute approximate surface area is 185 Å². The van der Waals surface area contributed by atoms with Crippen molar-refractivity contribution in [2.45, 2.75) is 32.0 Å². The zero-order valence-corrected chi connectivity index (χ0v) is 17.9. The number of benzene rings is 1. The normalized spacial score (nSPS) is 17.3. The minimum absolute atomic E-state index is 0.140. The maximum absolute atomic E-state index is 11.7. The molecule has 170 valence electrons. The van der Waals surface area contributed by atoms with Crippen LogP contribution in [0.1, 0.15) is 19.8 Å². The second kappa shape index (κ2) is 11.0. The van der Waals surface area contributed by atoms with Gasteiger partial charge < -0.3 is 37.1 Å². The molecule has 12 heteroatoms. The van der Waals surface area contributed by atoms with Crippen LogP contribution >= 0.6 is 11.6 Å². The van der Waals surface area contributed by atoms with E-state index in [2.05, 4.69) is 4.99 Å². The molecule has 0 saturated heterocycles. The molecule has 0 saturated carbocycles. The SMILES string of the molecule is CCCCN(C(=N)N1C(N)=C(C(N)=O)N=C(Cl)C1N)c1ccccc1OCC(O)CO. The van der Waals surface area contributed by atoms with Gasteiger partial charge in [0.15, 0.2) is 5.70 Å². The van der Waals surface area contributed by atoms with Gasteiger partial charge in [0.2, 0.25) is 5.96 Å². The number of guanidine groups is 1. The summed E-state index contributed by atoms with van der Waals surface area (Å²) in [6.45, 7) is 1.81. The first-order chi connectivity index (χ1) is 14.7. The summed E-state index contributed by atoms with van der Waals surface area (Å²) in [4.78, 5) is 18.4. The third-order valence-corrected chi connectivity index (χ3v) is 4.80. The molecule has 0 aliphatic carbocycles. The molecule has 1 aliphatic heterocycles. The number of carbonyl (C=O) groups is 1.